The molecule has 0 amide bonds. The summed E-state index contributed by atoms with van der Waals surface area (Å²) in [4.78, 5) is 47.1. The van der Waals surface area contributed by atoms with Crippen LogP contribution in [0.15, 0.2) is 6.33 Å². The van der Waals surface area contributed by atoms with E-state index in [1.165, 1.54) is 31.7 Å². The number of esters is 3. The SMILES string of the molecule is CC(=O)OC[C@@H]1O[C@@H](n2cnc3c(Cl)nc(I)nc32)[C@H](OC(C)=O)[C@@H]1OC(C)=O. The molecule has 0 N–H and O–H groups in total. The first-order valence-corrected chi connectivity index (χ1v) is 9.82. The number of carbonyl (C=O) groups excluding carboxylic acids is 3. The first-order chi connectivity index (χ1) is 13.7. The molecule has 1 saturated heterocycles. The number of nitrogens with zero attached hydrogens (tertiary/aromatic N) is 4. The molecule has 4 atom stereocenters. The predicted octanol–water partition coefficient (Wildman–Crippen LogP) is 1.41. The van der Waals surface area contributed by atoms with Crippen LogP contribution in [0.5, 0.6) is 0 Å². The summed E-state index contributed by atoms with van der Waals surface area (Å²) in [7, 11) is 0. The molecule has 3 heterocycles. The molecular weight excluding hydrogens is 523 g/mol. The molecule has 156 valence electrons. The monoisotopic (exact) mass is 538 g/mol. The highest BCUT2D eigenvalue weighted by molar-refractivity contribution is 14.1. The second kappa shape index (κ2) is 8.75. The minimum atomic E-state index is -1.04. The van der Waals surface area contributed by atoms with Gasteiger partial charge in [0.05, 0.1) is 6.33 Å². The number of ether oxygens (including phenoxy) is 4. The predicted molar refractivity (Wildman–Crippen MR) is 105 cm³/mol. The van der Waals surface area contributed by atoms with Gasteiger partial charge >= 0.3 is 17.9 Å². The van der Waals surface area contributed by atoms with Gasteiger partial charge in [0.1, 0.15) is 18.2 Å². The molecule has 0 aromatic carbocycles. The van der Waals surface area contributed by atoms with Crippen molar-refractivity contribution < 1.29 is 33.3 Å². The van der Waals surface area contributed by atoms with Gasteiger partial charge in [0.2, 0.25) is 0 Å². The summed E-state index contributed by atoms with van der Waals surface area (Å²) < 4.78 is 23.6. The van der Waals surface area contributed by atoms with E-state index < -0.39 is 42.4 Å². The van der Waals surface area contributed by atoms with Gasteiger partial charge in [0, 0.05) is 43.4 Å². The van der Waals surface area contributed by atoms with E-state index in [9.17, 15) is 14.4 Å². The summed E-state index contributed by atoms with van der Waals surface area (Å²) in [5.41, 5.74) is 0.663. The molecule has 3 rings (SSSR count). The van der Waals surface area contributed by atoms with Crippen LogP contribution < -0.4 is 0 Å². The van der Waals surface area contributed by atoms with Crippen molar-refractivity contribution >= 4 is 63.3 Å². The smallest absolute Gasteiger partial charge is 0.303 e. The number of rotatable bonds is 5. The molecule has 0 unspecified atom stereocenters. The normalized spacial score (nSPS) is 23.8. The first kappa shape index (κ1) is 21.6. The number of aromatic nitrogens is 4. The molecule has 0 aliphatic carbocycles. The van der Waals surface area contributed by atoms with E-state index in [1.54, 1.807) is 0 Å². The molecule has 11 nitrogen and oxygen atoms in total. The Balaban J connectivity index is 2.04. The molecule has 1 aliphatic heterocycles. The van der Waals surface area contributed by atoms with Crippen molar-refractivity contribution in [1.82, 2.24) is 19.5 Å². The van der Waals surface area contributed by atoms with Crippen molar-refractivity contribution in [2.45, 2.75) is 45.3 Å². The maximum atomic E-state index is 11.7. The quantitative estimate of drug-likeness (QED) is 0.181. The first-order valence-electron chi connectivity index (χ1n) is 8.36. The fraction of sp³-hybridized carbons (Fsp3) is 0.500. The Morgan fingerprint density at radius 3 is 2.41 bits per heavy atom. The Bertz CT molecular complexity index is 968. The van der Waals surface area contributed by atoms with Crippen LogP contribution in [0.2, 0.25) is 5.15 Å². The lowest BCUT2D eigenvalue weighted by atomic mass is 10.1. The Morgan fingerprint density at radius 1 is 1.14 bits per heavy atom. The molecule has 2 aromatic heterocycles. The fourth-order valence-corrected chi connectivity index (χ4v) is 3.79. The molecule has 1 fully saturated rings. The van der Waals surface area contributed by atoms with Gasteiger partial charge in [-0.25, -0.2) is 15.0 Å². The van der Waals surface area contributed by atoms with Crippen molar-refractivity contribution in [2.75, 3.05) is 6.61 Å². The second-order valence-electron chi connectivity index (χ2n) is 6.12. The van der Waals surface area contributed by atoms with E-state index in [-0.39, 0.29) is 11.8 Å². The van der Waals surface area contributed by atoms with Crippen LogP contribution in [-0.2, 0) is 33.3 Å². The lowest BCUT2D eigenvalue weighted by Gasteiger charge is -2.23. The van der Waals surface area contributed by atoms with Gasteiger partial charge in [-0.15, -0.1) is 0 Å². The summed E-state index contributed by atoms with van der Waals surface area (Å²) in [6.45, 7) is 3.46. The third kappa shape index (κ3) is 4.75. The highest BCUT2D eigenvalue weighted by atomic mass is 127. The molecule has 0 spiro atoms. The van der Waals surface area contributed by atoms with Gasteiger partial charge < -0.3 is 18.9 Å². The van der Waals surface area contributed by atoms with Gasteiger partial charge in [-0.2, -0.15) is 0 Å². The Kier molecular flexibility index (Phi) is 6.53. The highest BCUT2D eigenvalue weighted by Gasteiger charge is 2.51. The van der Waals surface area contributed by atoms with Crippen molar-refractivity contribution in [3.05, 3.63) is 15.3 Å². The lowest BCUT2D eigenvalue weighted by Crippen LogP contribution is -2.40. The maximum Gasteiger partial charge on any atom is 0.303 e. The van der Waals surface area contributed by atoms with Crippen LogP contribution in [0.25, 0.3) is 11.2 Å². The number of imidazole rings is 1. The van der Waals surface area contributed by atoms with Gasteiger partial charge in [-0.3, -0.25) is 19.0 Å². The zero-order valence-electron chi connectivity index (χ0n) is 15.5. The average molecular weight is 539 g/mol. The topological polar surface area (TPSA) is 132 Å². The molecule has 0 saturated carbocycles. The second-order valence-corrected chi connectivity index (χ2v) is 7.45. The lowest BCUT2D eigenvalue weighted by molar-refractivity contribution is -0.166. The third-order valence-electron chi connectivity index (χ3n) is 3.97. The minimum absolute atomic E-state index is 0.146. The summed E-state index contributed by atoms with van der Waals surface area (Å²) in [6, 6.07) is 0. The molecule has 13 heteroatoms. The molecule has 2 aromatic rings. The van der Waals surface area contributed by atoms with E-state index in [0.717, 1.165) is 0 Å². The van der Waals surface area contributed by atoms with E-state index >= 15 is 0 Å². The summed E-state index contributed by atoms with van der Waals surface area (Å²) in [5, 5.41) is 0.146. The number of hydrogen-bond acceptors (Lipinski definition) is 10. The third-order valence-corrected chi connectivity index (χ3v) is 4.71. The largest absolute Gasteiger partial charge is 0.463 e. The van der Waals surface area contributed by atoms with Crippen LogP contribution >= 0.6 is 34.2 Å². The zero-order valence-corrected chi connectivity index (χ0v) is 18.4. The van der Waals surface area contributed by atoms with Crippen molar-refractivity contribution in [1.29, 1.82) is 0 Å². The van der Waals surface area contributed by atoms with E-state index in [2.05, 4.69) is 15.0 Å². The number of fused-ring (bicyclic) bond motifs is 1. The maximum absolute atomic E-state index is 11.7. The molecule has 0 bridgehead atoms. The van der Waals surface area contributed by atoms with Crippen LogP contribution in [0.4, 0.5) is 0 Å². The van der Waals surface area contributed by atoms with Gasteiger partial charge in [-0.1, -0.05) is 11.6 Å². The van der Waals surface area contributed by atoms with Crippen LogP contribution in [0.1, 0.15) is 27.0 Å². The van der Waals surface area contributed by atoms with Gasteiger partial charge in [0.25, 0.3) is 0 Å². The van der Waals surface area contributed by atoms with Crippen molar-refractivity contribution in [2.24, 2.45) is 0 Å². The van der Waals surface area contributed by atoms with Crippen molar-refractivity contribution in [3.8, 4) is 0 Å². The minimum Gasteiger partial charge on any atom is -0.463 e. The van der Waals surface area contributed by atoms with Gasteiger partial charge in [-0.05, 0) is 0 Å². The van der Waals surface area contributed by atoms with Gasteiger partial charge in [0.15, 0.2) is 33.1 Å². The Morgan fingerprint density at radius 2 is 1.79 bits per heavy atom. The fourth-order valence-electron chi connectivity index (χ4n) is 2.96. The molecule has 1 aliphatic rings. The van der Waals surface area contributed by atoms with E-state index in [4.69, 9.17) is 30.5 Å². The zero-order chi connectivity index (χ0) is 21.3. The molecule has 0 radical (unpaired) electrons. The standard InChI is InChI=1S/C16H16ClIN4O7/c1-6(23)26-4-9-11(27-7(2)24)12(28-8(3)25)15(29-9)22-5-19-10-13(17)20-16(18)21-14(10)22/h5,9,11-12,15H,4H2,1-3H3/t9-,11+,12+,15+/m0/s1. The van der Waals surface area contributed by atoms with Crippen molar-refractivity contribution in [3.63, 3.8) is 0 Å². The average Bonchev–Trinajstić information content (AvgIpc) is 3.15. The molecule has 29 heavy (non-hydrogen) atoms. The Labute approximate surface area is 183 Å². The van der Waals surface area contributed by atoms with E-state index in [1.807, 2.05) is 22.6 Å². The van der Waals surface area contributed by atoms with E-state index in [0.29, 0.717) is 15.0 Å². The summed E-state index contributed by atoms with van der Waals surface area (Å²) >= 11 is 8.03. The summed E-state index contributed by atoms with van der Waals surface area (Å²) in [6.07, 6.45) is -2.50. The van der Waals surface area contributed by atoms with Crippen LogP contribution in [0, 0.1) is 3.83 Å². The Hall–Kier alpha value is -2.06. The van der Waals surface area contributed by atoms with Crippen LogP contribution in [0.3, 0.4) is 0 Å². The summed E-state index contributed by atoms with van der Waals surface area (Å²) in [5.74, 6) is -1.76. The highest BCUT2D eigenvalue weighted by Crippen LogP contribution is 2.36. The number of carbonyl (C=O) groups is 3. The van der Waals surface area contributed by atoms with Crippen LogP contribution in [-0.4, -0.2) is 62.3 Å². The molecular formula is C16H16ClIN4O7. The number of halogens is 2. The number of hydrogen-bond donors (Lipinski definition) is 0.